The average molecular weight is 342 g/mol. The molecule has 1 aromatic carbocycles. The molecule has 2 aromatic rings. The fourth-order valence-corrected chi connectivity index (χ4v) is 3.03. The minimum absolute atomic E-state index is 0.0612. The van der Waals surface area contributed by atoms with Gasteiger partial charge in [0.05, 0.1) is 11.8 Å². The minimum atomic E-state index is -0.849. The number of aromatic nitrogens is 2. The normalized spacial score (nSPS) is 17.0. The van der Waals surface area contributed by atoms with E-state index in [9.17, 15) is 19.2 Å². The van der Waals surface area contributed by atoms with Crippen molar-refractivity contribution in [2.75, 3.05) is 6.54 Å². The Morgan fingerprint density at radius 2 is 1.96 bits per heavy atom. The third-order valence-corrected chi connectivity index (χ3v) is 4.20. The highest BCUT2D eigenvalue weighted by atomic mass is 16.2. The number of rotatable bonds is 4. The van der Waals surface area contributed by atoms with Crippen molar-refractivity contribution >= 4 is 28.5 Å². The first-order valence-corrected chi connectivity index (χ1v) is 8.04. The predicted octanol–water partition coefficient (Wildman–Crippen LogP) is 0.201. The van der Waals surface area contributed by atoms with E-state index in [2.05, 4.69) is 10.4 Å². The van der Waals surface area contributed by atoms with Crippen molar-refractivity contribution in [3.8, 4) is 0 Å². The first-order valence-electron chi connectivity index (χ1n) is 8.04. The molecule has 130 valence electrons. The number of hydrogen-bond acceptors (Lipinski definition) is 5. The van der Waals surface area contributed by atoms with Crippen LogP contribution >= 0.6 is 0 Å². The average Bonchev–Trinajstić information content (AvgIpc) is 2.93. The van der Waals surface area contributed by atoms with Crippen molar-refractivity contribution in [1.29, 1.82) is 0 Å². The third kappa shape index (κ3) is 2.90. The number of imide groups is 1. The number of fused-ring (bicyclic) bond motifs is 1. The number of nitrogens with one attached hydrogen (secondary N) is 1. The van der Waals surface area contributed by atoms with Crippen LogP contribution in [0.25, 0.3) is 10.8 Å². The number of benzene rings is 1. The molecule has 1 aromatic heterocycles. The zero-order valence-corrected chi connectivity index (χ0v) is 14.0. The van der Waals surface area contributed by atoms with Crippen molar-refractivity contribution in [2.45, 2.75) is 25.8 Å². The lowest BCUT2D eigenvalue weighted by atomic mass is 10.1. The maximum Gasteiger partial charge on any atom is 0.275 e. The molecule has 1 aliphatic rings. The molecule has 8 nitrogen and oxygen atoms in total. The summed E-state index contributed by atoms with van der Waals surface area (Å²) >= 11 is 0. The maximum absolute atomic E-state index is 13.1. The molecule has 25 heavy (non-hydrogen) atoms. The van der Waals surface area contributed by atoms with Gasteiger partial charge >= 0.3 is 0 Å². The van der Waals surface area contributed by atoms with Crippen LogP contribution in [0.3, 0.4) is 0 Å². The van der Waals surface area contributed by atoms with E-state index in [1.807, 2.05) is 6.92 Å². The van der Waals surface area contributed by atoms with Gasteiger partial charge in [0.2, 0.25) is 11.8 Å². The van der Waals surface area contributed by atoms with Crippen LogP contribution in [0.2, 0.25) is 0 Å². The smallest absolute Gasteiger partial charge is 0.275 e. The lowest BCUT2D eigenvalue weighted by molar-refractivity contribution is -0.126. The summed E-state index contributed by atoms with van der Waals surface area (Å²) in [7, 11) is 1.47. The quantitative estimate of drug-likeness (QED) is 0.800. The monoisotopic (exact) mass is 342 g/mol. The Morgan fingerprint density at radius 3 is 2.56 bits per heavy atom. The number of aryl methyl sites for hydroxylation is 1. The van der Waals surface area contributed by atoms with Crippen molar-refractivity contribution in [3.05, 3.63) is 40.3 Å². The SMILES string of the molecule is CCCN(C(=O)c1nn(C)c(=O)c2ccccc12)[C@@H]1CC(=O)NC1=O. The van der Waals surface area contributed by atoms with Crippen LogP contribution in [0.4, 0.5) is 0 Å². The first kappa shape index (κ1) is 16.8. The molecule has 3 amide bonds. The molecule has 0 radical (unpaired) electrons. The molecule has 0 spiro atoms. The Kier molecular flexibility index (Phi) is 4.35. The fourth-order valence-electron chi connectivity index (χ4n) is 3.03. The number of carbonyl (C=O) groups is 3. The van der Waals surface area contributed by atoms with Crippen LogP contribution in [0, 0.1) is 0 Å². The second-order valence-electron chi connectivity index (χ2n) is 5.95. The van der Waals surface area contributed by atoms with Crippen LogP contribution < -0.4 is 10.9 Å². The van der Waals surface area contributed by atoms with Crippen LogP contribution in [0.15, 0.2) is 29.1 Å². The fraction of sp³-hybridized carbons (Fsp3) is 0.353. The largest absolute Gasteiger partial charge is 0.325 e. The standard InChI is InChI=1S/C17H18N4O4/c1-3-8-21(12-9-13(22)18-15(12)23)17(25)14-10-6-4-5-7-11(10)16(24)20(2)19-14/h4-7,12H,3,8-9H2,1-2H3,(H,18,22,23)/t12-/m1/s1. The van der Waals surface area contributed by atoms with Crippen LogP contribution in [-0.4, -0.2) is 45.0 Å². The van der Waals surface area contributed by atoms with E-state index in [1.165, 1.54) is 11.9 Å². The van der Waals surface area contributed by atoms with E-state index in [1.54, 1.807) is 24.3 Å². The Balaban J connectivity index is 2.11. The highest BCUT2D eigenvalue weighted by molar-refractivity contribution is 6.10. The van der Waals surface area contributed by atoms with Gasteiger partial charge in [-0.15, -0.1) is 0 Å². The topological polar surface area (TPSA) is 101 Å². The Morgan fingerprint density at radius 1 is 1.28 bits per heavy atom. The summed E-state index contributed by atoms with van der Waals surface area (Å²) in [6.45, 7) is 2.18. The van der Waals surface area contributed by atoms with Gasteiger partial charge in [0, 0.05) is 19.0 Å². The lowest BCUT2D eigenvalue weighted by Crippen LogP contribution is -2.45. The van der Waals surface area contributed by atoms with Crippen LogP contribution in [-0.2, 0) is 16.6 Å². The van der Waals surface area contributed by atoms with Gasteiger partial charge in [0.25, 0.3) is 11.5 Å². The van der Waals surface area contributed by atoms with E-state index >= 15 is 0 Å². The molecule has 1 N–H and O–H groups in total. The minimum Gasteiger partial charge on any atom is -0.325 e. The van der Waals surface area contributed by atoms with Gasteiger partial charge in [-0.05, 0) is 12.5 Å². The zero-order valence-electron chi connectivity index (χ0n) is 14.0. The van der Waals surface area contributed by atoms with Crippen LogP contribution in [0.5, 0.6) is 0 Å². The molecule has 1 saturated heterocycles. The number of hydrogen-bond donors (Lipinski definition) is 1. The maximum atomic E-state index is 13.1. The summed E-state index contributed by atoms with van der Waals surface area (Å²) in [6.07, 6.45) is 0.557. The summed E-state index contributed by atoms with van der Waals surface area (Å²) in [4.78, 5) is 50.2. The summed E-state index contributed by atoms with van der Waals surface area (Å²) in [6, 6.07) is 5.87. The molecule has 0 unspecified atom stereocenters. The van der Waals surface area contributed by atoms with Gasteiger partial charge in [-0.25, -0.2) is 4.68 Å². The molecule has 1 atom stereocenters. The van der Waals surface area contributed by atoms with Crippen LogP contribution in [0.1, 0.15) is 30.3 Å². The molecule has 1 fully saturated rings. The highest BCUT2D eigenvalue weighted by Gasteiger charge is 2.38. The summed E-state index contributed by atoms with van der Waals surface area (Å²) < 4.78 is 1.11. The van der Waals surface area contributed by atoms with Gasteiger partial charge in [-0.1, -0.05) is 25.1 Å². The molecule has 2 heterocycles. The Hall–Kier alpha value is -3.03. The molecule has 0 aliphatic carbocycles. The van der Waals surface area contributed by atoms with Gasteiger partial charge in [0.1, 0.15) is 6.04 Å². The van der Waals surface area contributed by atoms with Crippen molar-refractivity contribution in [1.82, 2.24) is 20.0 Å². The van der Waals surface area contributed by atoms with E-state index in [0.717, 1.165) is 4.68 Å². The summed E-state index contributed by atoms with van der Waals surface area (Å²) in [5.74, 6) is -1.35. The molecular weight excluding hydrogens is 324 g/mol. The van der Waals surface area contributed by atoms with E-state index < -0.39 is 23.8 Å². The lowest BCUT2D eigenvalue weighted by Gasteiger charge is -2.26. The molecular formula is C17H18N4O4. The molecule has 0 bridgehead atoms. The Labute approximate surface area is 143 Å². The molecule has 0 saturated carbocycles. The van der Waals surface area contributed by atoms with Gasteiger partial charge in [-0.2, -0.15) is 5.10 Å². The number of carbonyl (C=O) groups excluding carboxylic acids is 3. The molecule has 8 heteroatoms. The zero-order chi connectivity index (χ0) is 18.1. The van der Waals surface area contributed by atoms with Gasteiger partial charge in [0.15, 0.2) is 5.69 Å². The van der Waals surface area contributed by atoms with Crippen molar-refractivity contribution < 1.29 is 14.4 Å². The molecule has 1 aliphatic heterocycles. The Bertz CT molecular complexity index is 934. The predicted molar refractivity (Wildman–Crippen MR) is 89.9 cm³/mol. The summed E-state index contributed by atoms with van der Waals surface area (Å²) in [5, 5.41) is 7.15. The summed E-state index contributed by atoms with van der Waals surface area (Å²) in [5.41, 5.74) is -0.207. The third-order valence-electron chi connectivity index (χ3n) is 4.20. The number of amides is 3. The number of nitrogens with zero attached hydrogens (tertiary/aromatic N) is 3. The van der Waals surface area contributed by atoms with Gasteiger partial charge < -0.3 is 4.90 Å². The highest BCUT2D eigenvalue weighted by Crippen LogP contribution is 2.19. The van der Waals surface area contributed by atoms with Gasteiger partial charge in [-0.3, -0.25) is 24.5 Å². The second kappa shape index (κ2) is 6.46. The molecule has 3 rings (SSSR count). The first-order chi connectivity index (χ1) is 11.9. The van der Waals surface area contributed by atoms with E-state index in [4.69, 9.17) is 0 Å². The van der Waals surface area contributed by atoms with Crippen molar-refractivity contribution in [2.24, 2.45) is 7.05 Å². The second-order valence-corrected chi connectivity index (χ2v) is 5.95. The van der Waals surface area contributed by atoms with E-state index in [-0.39, 0.29) is 17.7 Å². The van der Waals surface area contributed by atoms with Crippen molar-refractivity contribution in [3.63, 3.8) is 0 Å². The van der Waals surface area contributed by atoms with E-state index in [0.29, 0.717) is 23.7 Å².